The van der Waals surface area contributed by atoms with Crippen LogP contribution in [0.4, 0.5) is 4.79 Å². The van der Waals surface area contributed by atoms with Crippen LogP contribution in [0.25, 0.3) is 0 Å². The van der Waals surface area contributed by atoms with Gasteiger partial charge in [0.1, 0.15) is 25.0 Å². The van der Waals surface area contributed by atoms with Crippen LogP contribution in [0.15, 0.2) is 30.3 Å². The Labute approximate surface area is 184 Å². The monoisotopic (exact) mass is 433 g/mol. The zero-order valence-corrected chi connectivity index (χ0v) is 19.0. The fourth-order valence-electron chi connectivity index (χ4n) is 2.95. The van der Waals surface area contributed by atoms with E-state index in [9.17, 15) is 19.2 Å². The molecule has 0 radical (unpaired) electrons. The molecule has 1 aromatic carbocycles. The predicted molar refractivity (Wildman–Crippen MR) is 118 cm³/mol. The third-order valence-corrected chi connectivity index (χ3v) is 4.50. The minimum Gasteiger partial charge on any atom is -0.445 e. The lowest BCUT2D eigenvalue weighted by Crippen LogP contribution is -2.54. The lowest BCUT2D eigenvalue weighted by molar-refractivity contribution is -0.131. The van der Waals surface area contributed by atoms with Gasteiger partial charge in [-0.25, -0.2) is 4.79 Å². The number of carbonyl (C=O) groups is 4. The molecule has 0 unspecified atom stereocenters. The average molecular weight is 434 g/mol. The molecule has 0 heterocycles. The van der Waals surface area contributed by atoms with E-state index in [1.54, 1.807) is 0 Å². The van der Waals surface area contributed by atoms with Gasteiger partial charge in [0.05, 0.1) is 6.04 Å². The van der Waals surface area contributed by atoms with Crippen LogP contribution in [-0.4, -0.2) is 42.3 Å². The first-order chi connectivity index (χ1) is 14.6. The summed E-state index contributed by atoms with van der Waals surface area (Å²) in [5, 5.41) is 7.83. The van der Waals surface area contributed by atoms with E-state index in [-0.39, 0.29) is 18.4 Å². The van der Waals surface area contributed by atoms with Crippen LogP contribution in [-0.2, 0) is 25.7 Å². The lowest BCUT2D eigenvalue weighted by atomic mass is 10.0. The molecule has 0 aliphatic rings. The van der Waals surface area contributed by atoms with Crippen LogP contribution in [0.2, 0.25) is 0 Å². The maximum atomic E-state index is 12.7. The van der Waals surface area contributed by atoms with E-state index in [1.165, 1.54) is 6.92 Å². The van der Waals surface area contributed by atoms with Crippen LogP contribution in [0.1, 0.15) is 53.0 Å². The van der Waals surface area contributed by atoms with E-state index in [0.29, 0.717) is 19.1 Å². The molecule has 172 valence electrons. The molecular weight excluding hydrogens is 398 g/mol. The number of aldehydes is 1. The highest BCUT2D eigenvalue weighted by atomic mass is 16.5. The van der Waals surface area contributed by atoms with Crippen molar-refractivity contribution in [2.45, 2.75) is 72.2 Å². The van der Waals surface area contributed by atoms with Crippen molar-refractivity contribution in [3.8, 4) is 0 Å². The quantitative estimate of drug-likeness (QED) is 0.439. The van der Waals surface area contributed by atoms with Gasteiger partial charge in [-0.15, -0.1) is 0 Å². The van der Waals surface area contributed by atoms with E-state index in [0.717, 1.165) is 5.56 Å². The van der Waals surface area contributed by atoms with E-state index in [2.05, 4.69) is 16.0 Å². The van der Waals surface area contributed by atoms with E-state index >= 15 is 0 Å². The molecule has 0 bridgehead atoms. The van der Waals surface area contributed by atoms with Gasteiger partial charge in [0.25, 0.3) is 0 Å². The number of alkyl carbamates (subject to hydrolysis) is 1. The summed E-state index contributed by atoms with van der Waals surface area (Å²) in [6, 6.07) is 6.86. The normalized spacial score (nSPS) is 13.8. The number of nitrogens with one attached hydrogen (secondary N) is 3. The zero-order chi connectivity index (χ0) is 23.4. The molecule has 0 saturated carbocycles. The molecule has 0 fully saturated rings. The average Bonchev–Trinajstić information content (AvgIpc) is 2.71. The highest BCUT2D eigenvalue weighted by Gasteiger charge is 2.27. The molecule has 8 nitrogen and oxygen atoms in total. The van der Waals surface area contributed by atoms with Crippen molar-refractivity contribution in [3.63, 3.8) is 0 Å². The predicted octanol–water partition coefficient (Wildman–Crippen LogP) is 2.56. The van der Waals surface area contributed by atoms with Crippen LogP contribution in [0.3, 0.4) is 0 Å². The Morgan fingerprint density at radius 2 is 1.48 bits per heavy atom. The van der Waals surface area contributed by atoms with Crippen molar-refractivity contribution in [2.75, 3.05) is 0 Å². The van der Waals surface area contributed by atoms with Crippen molar-refractivity contribution >= 4 is 24.2 Å². The maximum Gasteiger partial charge on any atom is 0.408 e. The minimum atomic E-state index is -0.900. The van der Waals surface area contributed by atoms with Crippen LogP contribution in [0.5, 0.6) is 0 Å². The largest absolute Gasteiger partial charge is 0.445 e. The lowest BCUT2D eigenvalue weighted by Gasteiger charge is -2.24. The highest BCUT2D eigenvalue weighted by molar-refractivity contribution is 5.91. The van der Waals surface area contributed by atoms with Gasteiger partial charge in [-0.1, -0.05) is 58.0 Å². The molecule has 1 aromatic rings. The number of hydrogen-bond donors (Lipinski definition) is 3. The summed E-state index contributed by atoms with van der Waals surface area (Å²) in [4.78, 5) is 48.5. The molecule has 0 aliphatic heterocycles. The highest BCUT2D eigenvalue weighted by Crippen LogP contribution is 2.08. The van der Waals surface area contributed by atoms with Crippen molar-refractivity contribution in [3.05, 3.63) is 35.9 Å². The Hall–Kier alpha value is -2.90. The van der Waals surface area contributed by atoms with Gasteiger partial charge < -0.3 is 25.5 Å². The van der Waals surface area contributed by atoms with Crippen molar-refractivity contribution in [1.82, 2.24) is 16.0 Å². The minimum absolute atomic E-state index is 0.0856. The van der Waals surface area contributed by atoms with Gasteiger partial charge in [0.15, 0.2) is 0 Å². The molecule has 3 atom stereocenters. The van der Waals surface area contributed by atoms with Gasteiger partial charge in [-0.05, 0) is 37.2 Å². The van der Waals surface area contributed by atoms with Gasteiger partial charge in [-0.3, -0.25) is 9.59 Å². The molecule has 0 saturated heterocycles. The van der Waals surface area contributed by atoms with Gasteiger partial charge in [0.2, 0.25) is 11.8 Å². The summed E-state index contributed by atoms with van der Waals surface area (Å²) < 4.78 is 5.12. The fraction of sp³-hybridized carbons (Fsp3) is 0.565. The Bertz CT molecular complexity index is 721. The molecule has 1 rings (SSSR count). The van der Waals surface area contributed by atoms with Crippen molar-refractivity contribution in [2.24, 2.45) is 11.8 Å². The smallest absolute Gasteiger partial charge is 0.408 e. The number of carbonyl (C=O) groups excluding carboxylic acids is 4. The summed E-state index contributed by atoms with van der Waals surface area (Å²) in [6.07, 6.45) is 0.895. The zero-order valence-electron chi connectivity index (χ0n) is 19.0. The second-order valence-corrected chi connectivity index (χ2v) is 8.50. The third-order valence-electron chi connectivity index (χ3n) is 4.50. The topological polar surface area (TPSA) is 114 Å². The fourth-order valence-corrected chi connectivity index (χ4v) is 2.95. The molecule has 0 aliphatic carbocycles. The Morgan fingerprint density at radius 1 is 0.871 bits per heavy atom. The number of ether oxygens (including phenoxy) is 1. The Morgan fingerprint density at radius 3 is 2.03 bits per heavy atom. The maximum absolute atomic E-state index is 12.7. The molecule has 8 heteroatoms. The van der Waals surface area contributed by atoms with Gasteiger partial charge in [0, 0.05) is 0 Å². The second kappa shape index (κ2) is 13.4. The number of hydrogen-bond acceptors (Lipinski definition) is 5. The van der Waals surface area contributed by atoms with Crippen LogP contribution >= 0.6 is 0 Å². The standard InChI is InChI=1S/C23H35N3O5/c1-15(2)11-19(13-27)25-22(29)20(12-16(3)4)26-21(28)17(5)24-23(30)31-14-18-9-7-6-8-10-18/h6-10,13,15-17,19-20H,11-12,14H2,1-5H3,(H,24,30)(H,25,29)(H,26,28)/t17-,19+,20+/m0/s1. The molecule has 31 heavy (non-hydrogen) atoms. The third kappa shape index (κ3) is 10.6. The summed E-state index contributed by atoms with van der Waals surface area (Å²) in [7, 11) is 0. The number of benzene rings is 1. The first-order valence-corrected chi connectivity index (χ1v) is 10.7. The summed E-state index contributed by atoms with van der Waals surface area (Å²) in [5.74, 6) is -0.558. The second-order valence-electron chi connectivity index (χ2n) is 8.50. The number of amides is 3. The molecule has 0 spiro atoms. The molecule has 3 amide bonds. The molecular formula is C23H35N3O5. The van der Waals surface area contributed by atoms with E-state index < -0.39 is 36.0 Å². The molecule has 0 aromatic heterocycles. The van der Waals surface area contributed by atoms with Gasteiger partial charge in [-0.2, -0.15) is 0 Å². The van der Waals surface area contributed by atoms with Crippen LogP contribution < -0.4 is 16.0 Å². The summed E-state index contributed by atoms with van der Waals surface area (Å²) >= 11 is 0. The first kappa shape index (κ1) is 26.1. The number of rotatable bonds is 12. The first-order valence-electron chi connectivity index (χ1n) is 10.7. The SMILES string of the molecule is CC(C)C[C@H](C=O)NC(=O)[C@@H](CC(C)C)NC(=O)[C@H](C)NC(=O)OCc1ccccc1. The van der Waals surface area contributed by atoms with Crippen molar-refractivity contribution in [1.29, 1.82) is 0 Å². The summed E-state index contributed by atoms with van der Waals surface area (Å²) in [6.45, 7) is 9.38. The van der Waals surface area contributed by atoms with Gasteiger partial charge >= 0.3 is 6.09 Å². The van der Waals surface area contributed by atoms with Crippen molar-refractivity contribution < 1.29 is 23.9 Å². The van der Waals surface area contributed by atoms with E-state index in [1.807, 2.05) is 58.0 Å². The van der Waals surface area contributed by atoms with Crippen LogP contribution in [0, 0.1) is 11.8 Å². The Balaban J connectivity index is 2.62. The van der Waals surface area contributed by atoms with E-state index in [4.69, 9.17) is 4.74 Å². The molecule has 3 N–H and O–H groups in total. The summed E-state index contributed by atoms with van der Waals surface area (Å²) in [5.41, 5.74) is 0.828. The Kier molecular flexibility index (Phi) is 11.3.